The summed E-state index contributed by atoms with van der Waals surface area (Å²) in [5, 5.41) is 9.04. The molecule has 1 N–H and O–H groups in total. The summed E-state index contributed by atoms with van der Waals surface area (Å²) in [4.78, 5) is 13.1. The van der Waals surface area contributed by atoms with E-state index >= 15 is 0 Å². The van der Waals surface area contributed by atoms with E-state index < -0.39 is 5.97 Å². The van der Waals surface area contributed by atoms with Crippen molar-refractivity contribution in [1.82, 2.24) is 4.90 Å². The molecule has 0 radical (unpaired) electrons. The summed E-state index contributed by atoms with van der Waals surface area (Å²) in [7, 11) is 2.00. The number of likely N-dealkylation sites (tertiary alicyclic amines) is 1. The zero-order valence-electron chi connectivity index (χ0n) is 9.68. The third-order valence-electron chi connectivity index (χ3n) is 3.44. The van der Waals surface area contributed by atoms with Crippen molar-refractivity contribution in [2.45, 2.75) is 19.4 Å². The molecule has 0 amide bonds. The van der Waals surface area contributed by atoms with Gasteiger partial charge in [0.05, 0.1) is 5.92 Å². The molecule has 0 bridgehead atoms. The normalized spacial score (nSPS) is 25.9. The molecule has 0 aromatic heterocycles. The van der Waals surface area contributed by atoms with Crippen LogP contribution in [0.5, 0.6) is 0 Å². The first-order chi connectivity index (χ1) is 7.59. The predicted octanol–water partition coefficient (Wildman–Crippen LogP) is 2.07. The van der Waals surface area contributed by atoms with Gasteiger partial charge in [0.25, 0.3) is 0 Å². The third-order valence-corrected chi connectivity index (χ3v) is 3.44. The second kappa shape index (κ2) is 4.26. The summed E-state index contributed by atoms with van der Waals surface area (Å²) < 4.78 is 0. The minimum absolute atomic E-state index is 0.227. The van der Waals surface area contributed by atoms with E-state index in [9.17, 15) is 4.79 Å². The average molecular weight is 219 g/mol. The van der Waals surface area contributed by atoms with Gasteiger partial charge in [-0.3, -0.25) is 9.69 Å². The molecule has 3 heteroatoms. The molecule has 16 heavy (non-hydrogen) atoms. The van der Waals surface area contributed by atoms with Crippen molar-refractivity contribution in [2.75, 3.05) is 13.6 Å². The fraction of sp³-hybridized carbons (Fsp3) is 0.462. The van der Waals surface area contributed by atoms with Crippen LogP contribution in [0.3, 0.4) is 0 Å². The third kappa shape index (κ3) is 1.95. The molecule has 86 valence electrons. The number of nitrogens with zero attached hydrogens (tertiary/aromatic N) is 1. The van der Waals surface area contributed by atoms with Crippen LogP contribution in [0, 0.1) is 12.8 Å². The van der Waals surface area contributed by atoms with Crippen LogP contribution in [0.1, 0.15) is 23.6 Å². The van der Waals surface area contributed by atoms with E-state index in [1.165, 1.54) is 11.1 Å². The summed E-state index contributed by atoms with van der Waals surface area (Å²) >= 11 is 0. The Balaban J connectivity index is 2.23. The number of carbonyl (C=O) groups is 1. The highest BCUT2D eigenvalue weighted by molar-refractivity contribution is 5.70. The molecular formula is C13H17NO2. The van der Waals surface area contributed by atoms with Gasteiger partial charge in [0.2, 0.25) is 0 Å². The Morgan fingerprint density at radius 1 is 1.44 bits per heavy atom. The largest absolute Gasteiger partial charge is 0.481 e. The number of aryl methyl sites for hydroxylation is 1. The first-order valence-electron chi connectivity index (χ1n) is 5.58. The quantitative estimate of drug-likeness (QED) is 0.827. The molecular weight excluding hydrogens is 202 g/mol. The second-order valence-electron chi connectivity index (χ2n) is 4.58. The van der Waals surface area contributed by atoms with Gasteiger partial charge in [0.1, 0.15) is 0 Å². The molecule has 2 unspecified atom stereocenters. The first-order valence-corrected chi connectivity index (χ1v) is 5.58. The van der Waals surface area contributed by atoms with E-state index in [0.717, 1.165) is 6.42 Å². The smallest absolute Gasteiger partial charge is 0.307 e. The van der Waals surface area contributed by atoms with Gasteiger partial charge in [-0.1, -0.05) is 24.3 Å². The highest BCUT2D eigenvalue weighted by atomic mass is 16.4. The lowest BCUT2D eigenvalue weighted by Gasteiger charge is -2.21. The van der Waals surface area contributed by atoms with Gasteiger partial charge in [-0.15, -0.1) is 0 Å². The maximum absolute atomic E-state index is 11.0. The van der Waals surface area contributed by atoms with Gasteiger partial charge in [0.15, 0.2) is 0 Å². The van der Waals surface area contributed by atoms with Crippen molar-refractivity contribution in [3.05, 3.63) is 35.4 Å². The molecule has 2 atom stereocenters. The van der Waals surface area contributed by atoms with Crippen LogP contribution in [0.2, 0.25) is 0 Å². The molecule has 2 rings (SSSR count). The SMILES string of the molecule is Cc1ccccc1C1CC(C(=O)O)CN1C. The Morgan fingerprint density at radius 2 is 2.12 bits per heavy atom. The molecule has 1 aliphatic heterocycles. The molecule has 1 fully saturated rings. The highest BCUT2D eigenvalue weighted by Gasteiger charge is 2.35. The Bertz CT molecular complexity index is 403. The molecule has 0 saturated carbocycles. The minimum atomic E-state index is -0.678. The molecule has 1 saturated heterocycles. The number of hydrogen-bond donors (Lipinski definition) is 1. The molecule has 0 aliphatic carbocycles. The summed E-state index contributed by atoms with van der Waals surface area (Å²) in [6, 6.07) is 8.47. The van der Waals surface area contributed by atoms with Gasteiger partial charge in [0, 0.05) is 12.6 Å². The van der Waals surface area contributed by atoms with Crippen LogP contribution in [-0.4, -0.2) is 29.6 Å². The number of carboxylic acid groups (broad SMARTS) is 1. The van der Waals surface area contributed by atoms with Crippen molar-refractivity contribution >= 4 is 5.97 Å². The van der Waals surface area contributed by atoms with Gasteiger partial charge in [-0.2, -0.15) is 0 Å². The maximum Gasteiger partial charge on any atom is 0.307 e. The highest BCUT2D eigenvalue weighted by Crippen LogP contribution is 2.35. The van der Waals surface area contributed by atoms with Gasteiger partial charge < -0.3 is 5.11 Å². The standard InChI is InChI=1S/C13H17NO2/c1-9-5-3-4-6-11(9)12-7-10(13(15)16)8-14(12)2/h3-6,10,12H,7-8H2,1-2H3,(H,15,16). The van der Waals surface area contributed by atoms with E-state index in [0.29, 0.717) is 6.54 Å². The topological polar surface area (TPSA) is 40.5 Å². The maximum atomic E-state index is 11.0. The lowest BCUT2D eigenvalue weighted by Crippen LogP contribution is -2.20. The number of carboxylic acids is 1. The Hall–Kier alpha value is -1.35. The van der Waals surface area contributed by atoms with Crippen molar-refractivity contribution in [3.8, 4) is 0 Å². The van der Waals surface area contributed by atoms with Crippen LogP contribution in [0.4, 0.5) is 0 Å². The van der Waals surface area contributed by atoms with E-state index in [2.05, 4.69) is 24.0 Å². The number of benzene rings is 1. The summed E-state index contributed by atoms with van der Waals surface area (Å²) in [5.41, 5.74) is 2.50. The number of hydrogen-bond acceptors (Lipinski definition) is 2. The average Bonchev–Trinajstić information content (AvgIpc) is 2.61. The van der Waals surface area contributed by atoms with Crippen LogP contribution >= 0.6 is 0 Å². The molecule has 1 heterocycles. The summed E-state index contributed by atoms with van der Waals surface area (Å²) in [6.45, 7) is 2.73. The van der Waals surface area contributed by atoms with Crippen molar-refractivity contribution in [1.29, 1.82) is 0 Å². The fourth-order valence-electron chi connectivity index (χ4n) is 2.50. The van der Waals surface area contributed by atoms with E-state index in [4.69, 9.17) is 5.11 Å². The van der Waals surface area contributed by atoms with Crippen molar-refractivity contribution < 1.29 is 9.90 Å². The summed E-state index contributed by atoms with van der Waals surface area (Å²) in [5.74, 6) is -0.905. The molecule has 0 spiro atoms. The van der Waals surface area contributed by atoms with Gasteiger partial charge in [-0.05, 0) is 31.5 Å². The van der Waals surface area contributed by atoms with Crippen molar-refractivity contribution in [2.24, 2.45) is 5.92 Å². The molecule has 1 aliphatic rings. The minimum Gasteiger partial charge on any atom is -0.481 e. The van der Waals surface area contributed by atoms with Crippen LogP contribution in [-0.2, 0) is 4.79 Å². The monoisotopic (exact) mass is 219 g/mol. The van der Waals surface area contributed by atoms with E-state index in [-0.39, 0.29) is 12.0 Å². The van der Waals surface area contributed by atoms with Crippen LogP contribution in [0.25, 0.3) is 0 Å². The summed E-state index contributed by atoms with van der Waals surface area (Å²) in [6.07, 6.45) is 0.719. The molecule has 3 nitrogen and oxygen atoms in total. The van der Waals surface area contributed by atoms with Crippen LogP contribution < -0.4 is 0 Å². The Labute approximate surface area is 95.7 Å². The van der Waals surface area contributed by atoms with Gasteiger partial charge in [-0.25, -0.2) is 0 Å². The fourth-order valence-corrected chi connectivity index (χ4v) is 2.50. The predicted molar refractivity (Wildman–Crippen MR) is 62.3 cm³/mol. The zero-order chi connectivity index (χ0) is 11.7. The van der Waals surface area contributed by atoms with E-state index in [1.807, 2.05) is 19.2 Å². The lowest BCUT2D eigenvalue weighted by molar-refractivity contribution is -0.141. The number of rotatable bonds is 2. The van der Waals surface area contributed by atoms with Crippen molar-refractivity contribution in [3.63, 3.8) is 0 Å². The van der Waals surface area contributed by atoms with Crippen LogP contribution in [0.15, 0.2) is 24.3 Å². The van der Waals surface area contributed by atoms with Gasteiger partial charge >= 0.3 is 5.97 Å². The first kappa shape index (κ1) is 11.1. The second-order valence-corrected chi connectivity index (χ2v) is 4.58. The number of aliphatic carboxylic acids is 1. The zero-order valence-corrected chi connectivity index (χ0v) is 9.68. The Morgan fingerprint density at radius 3 is 2.69 bits per heavy atom. The molecule has 1 aromatic rings. The van der Waals surface area contributed by atoms with E-state index in [1.54, 1.807) is 0 Å². The Kier molecular flexibility index (Phi) is 2.97. The lowest BCUT2D eigenvalue weighted by atomic mass is 9.96. The molecule has 1 aromatic carbocycles.